The van der Waals surface area contributed by atoms with Crippen molar-refractivity contribution >= 4 is 34.2 Å². The van der Waals surface area contributed by atoms with Crippen molar-refractivity contribution in [2.24, 2.45) is 11.7 Å². The molecule has 1 fully saturated rings. The molecule has 0 aromatic heterocycles. The largest absolute Gasteiger partial charge is 0.327 e. The molecule has 104 valence electrons. The number of halogens is 1. The van der Waals surface area contributed by atoms with Crippen LogP contribution in [0.2, 0.25) is 0 Å². The molecule has 0 aliphatic carbocycles. The molecular formula is C14H20IN3O. The number of rotatable bonds is 3. The lowest BCUT2D eigenvalue weighted by molar-refractivity contribution is -0.117. The minimum atomic E-state index is 0.0480. The number of para-hydroxylation sites is 1. The molecule has 0 spiro atoms. The molecule has 1 aromatic rings. The number of anilines is 1. The molecule has 2 unspecified atom stereocenters. The topological polar surface area (TPSA) is 58.4 Å². The molecule has 0 radical (unpaired) electrons. The predicted molar refractivity (Wildman–Crippen MR) is 86.0 cm³/mol. The van der Waals surface area contributed by atoms with E-state index in [2.05, 4.69) is 39.7 Å². The maximum Gasteiger partial charge on any atom is 0.238 e. The summed E-state index contributed by atoms with van der Waals surface area (Å²) in [6, 6.07) is 8.08. The van der Waals surface area contributed by atoms with Crippen LogP contribution >= 0.6 is 22.6 Å². The van der Waals surface area contributed by atoms with Crippen LogP contribution in [0.5, 0.6) is 0 Å². The van der Waals surface area contributed by atoms with Crippen molar-refractivity contribution in [1.29, 1.82) is 0 Å². The molecule has 2 atom stereocenters. The van der Waals surface area contributed by atoms with E-state index in [1.165, 1.54) is 0 Å². The second kappa shape index (κ2) is 6.67. The Labute approximate surface area is 127 Å². The number of benzene rings is 1. The number of likely N-dealkylation sites (tertiary alicyclic amines) is 1. The molecule has 4 nitrogen and oxygen atoms in total. The molecule has 1 aliphatic rings. The number of nitrogens with one attached hydrogen (secondary N) is 1. The molecule has 1 aromatic carbocycles. The van der Waals surface area contributed by atoms with Crippen LogP contribution in [-0.2, 0) is 4.79 Å². The number of carbonyl (C=O) groups excluding carboxylic acids is 1. The predicted octanol–water partition coefficient (Wildman–Crippen LogP) is 1.90. The van der Waals surface area contributed by atoms with Crippen molar-refractivity contribution in [3.8, 4) is 0 Å². The van der Waals surface area contributed by atoms with Gasteiger partial charge in [-0.05, 0) is 47.1 Å². The smallest absolute Gasteiger partial charge is 0.238 e. The van der Waals surface area contributed by atoms with Gasteiger partial charge >= 0.3 is 0 Å². The Balaban J connectivity index is 1.87. The molecule has 1 saturated heterocycles. The van der Waals surface area contributed by atoms with E-state index < -0.39 is 0 Å². The van der Waals surface area contributed by atoms with E-state index in [1.807, 2.05) is 24.3 Å². The minimum absolute atomic E-state index is 0.0480. The quantitative estimate of drug-likeness (QED) is 0.796. The van der Waals surface area contributed by atoms with E-state index in [-0.39, 0.29) is 11.9 Å². The van der Waals surface area contributed by atoms with E-state index in [9.17, 15) is 4.79 Å². The van der Waals surface area contributed by atoms with Crippen LogP contribution in [0.3, 0.4) is 0 Å². The molecule has 19 heavy (non-hydrogen) atoms. The summed E-state index contributed by atoms with van der Waals surface area (Å²) in [5.41, 5.74) is 6.87. The van der Waals surface area contributed by atoms with Crippen LogP contribution in [0, 0.1) is 9.49 Å². The number of hydrogen-bond acceptors (Lipinski definition) is 3. The Morgan fingerprint density at radius 2 is 2.26 bits per heavy atom. The zero-order valence-electron chi connectivity index (χ0n) is 11.1. The number of nitrogens with zero attached hydrogens (tertiary/aromatic N) is 1. The normalized spacial score (nSPS) is 24.2. The lowest BCUT2D eigenvalue weighted by Gasteiger charge is -2.34. The second-order valence-corrected chi connectivity index (χ2v) is 6.36. The Hall–Kier alpha value is -0.660. The second-order valence-electron chi connectivity index (χ2n) is 5.19. The molecule has 1 amide bonds. The number of amides is 1. The fraction of sp³-hybridized carbons (Fsp3) is 0.500. The Bertz CT molecular complexity index is 452. The molecule has 5 heteroatoms. The average molecular weight is 373 g/mol. The van der Waals surface area contributed by atoms with E-state index in [4.69, 9.17) is 5.73 Å². The maximum absolute atomic E-state index is 12.0. The molecule has 0 bridgehead atoms. The van der Waals surface area contributed by atoms with Gasteiger partial charge in [0.2, 0.25) is 5.91 Å². The van der Waals surface area contributed by atoms with Crippen molar-refractivity contribution in [3.63, 3.8) is 0 Å². The van der Waals surface area contributed by atoms with Crippen molar-refractivity contribution in [3.05, 3.63) is 27.8 Å². The Kier molecular flexibility index (Phi) is 5.18. The standard InChI is InChI=1S/C14H20IN3O/c1-10-8-18(7-6-12(10)16)9-14(19)17-13-5-3-2-4-11(13)15/h2-5,10,12H,6-9,16H2,1H3,(H,17,19). The van der Waals surface area contributed by atoms with Gasteiger partial charge in [0.1, 0.15) is 0 Å². The van der Waals surface area contributed by atoms with E-state index >= 15 is 0 Å². The molecule has 2 rings (SSSR count). The summed E-state index contributed by atoms with van der Waals surface area (Å²) < 4.78 is 1.06. The van der Waals surface area contributed by atoms with Crippen LogP contribution in [0.1, 0.15) is 13.3 Å². The van der Waals surface area contributed by atoms with Crippen molar-refractivity contribution < 1.29 is 4.79 Å². The van der Waals surface area contributed by atoms with Gasteiger partial charge in [-0.1, -0.05) is 19.1 Å². The van der Waals surface area contributed by atoms with Crippen LogP contribution < -0.4 is 11.1 Å². The average Bonchev–Trinajstić information content (AvgIpc) is 2.37. The summed E-state index contributed by atoms with van der Waals surface area (Å²) in [5.74, 6) is 0.505. The first-order chi connectivity index (χ1) is 9.06. The first kappa shape index (κ1) is 14.7. The molecule has 3 N–H and O–H groups in total. The number of carbonyl (C=O) groups is 1. The van der Waals surface area contributed by atoms with Gasteiger partial charge in [0.15, 0.2) is 0 Å². The summed E-state index contributed by atoms with van der Waals surface area (Å²) in [6.07, 6.45) is 0.970. The SMILES string of the molecule is CC1CN(CC(=O)Nc2ccccc2I)CCC1N. The third kappa shape index (κ3) is 4.15. The fourth-order valence-corrected chi connectivity index (χ4v) is 2.87. The summed E-state index contributed by atoms with van der Waals surface area (Å²) in [6.45, 7) is 4.40. The maximum atomic E-state index is 12.0. The van der Waals surface area contributed by atoms with Gasteiger partial charge in [-0.25, -0.2) is 0 Å². The van der Waals surface area contributed by atoms with Gasteiger partial charge in [0.05, 0.1) is 12.2 Å². The zero-order chi connectivity index (χ0) is 13.8. The highest BCUT2D eigenvalue weighted by atomic mass is 127. The van der Waals surface area contributed by atoms with Crippen LogP contribution in [0.4, 0.5) is 5.69 Å². The first-order valence-corrected chi connectivity index (χ1v) is 7.66. The number of piperidine rings is 1. The van der Waals surface area contributed by atoms with Gasteiger partial charge in [-0.2, -0.15) is 0 Å². The Morgan fingerprint density at radius 1 is 1.53 bits per heavy atom. The summed E-state index contributed by atoms with van der Waals surface area (Å²) >= 11 is 2.23. The summed E-state index contributed by atoms with van der Waals surface area (Å²) in [4.78, 5) is 14.2. The molecule has 0 saturated carbocycles. The Morgan fingerprint density at radius 3 is 2.95 bits per heavy atom. The molecular weight excluding hydrogens is 353 g/mol. The van der Waals surface area contributed by atoms with E-state index in [0.717, 1.165) is 28.8 Å². The van der Waals surface area contributed by atoms with Crippen molar-refractivity contribution in [2.75, 3.05) is 25.0 Å². The highest BCUT2D eigenvalue weighted by molar-refractivity contribution is 14.1. The van der Waals surface area contributed by atoms with Crippen LogP contribution in [0.15, 0.2) is 24.3 Å². The lowest BCUT2D eigenvalue weighted by atomic mass is 9.95. The fourth-order valence-electron chi connectivity index (χ4n) is 2.35. The third-order valence-corrected chi connectivity index (χ3v) is 4.51. The van der Waals surface area contributed by atoms with Gasteiger partial charge < -0.3 is 11.1 Å². The van der Waals surface area contributed by atoms with Gasteiger partial charge in [-0.3, -0.25) is 9.69 Å². The summed E-state index contributed by atoms with van der Waals surface area (Å²) in [5, 5.41) is 2.96. The van der Waals surface area contributed by atoms with E-state index in [0.29, 0.717) is 12.5 Å². The summed E-state index contributed by atoms with van der Waals surface area (Å²) in [7, 11) is 0. The van der Waals surface area contributed by atoms with Gasteiger partial charge in [0, 0.05) is 22.7 Å². The minimum Gasteiger partial charge on any atom is -0.327 e. The van der Waals surface area contributed by atoms with Gasteiger partial charge in [-0.15, -0.1) is 0 Å². The van der Waals surface area contributed by atoms with Crippen molar-refractivity contribution in [1.82, 2.24) is 4.90 Å². The lowest BCUT2D eigenvalue weighted by Crippen LogP contribution is -2.48. The monoisotopic (exact) mass is 373 g/mol. The highest BCUT2D eigenvalue weighted by Gasteiger charge is 2.24. The highest BCUT2D eigenvalue weighted by Crippen LogP contribution is 2.18. The third-order valence-electron chi connectivity index (χ3n) is 3.57. The number of hydrogen-bond donors (Lipinski definition) is 2. The number of nitrogens with two attached hydrogens (primary N) is 1. The zero-order valence-corrected chi connectivity index (χ0v) is 13.3. The van der Waals surface area contributed by atoms with Crippen LogP contribution in [-0.4, -0.2) is 36.5 Å². The molecule has 1 heterocycles. The first-order valence-electron chi connectivity index (χ1n) is 6.58. The van der Waals surface area contributed by atoms with E-state index in [1.54, 1.807) is 0 Å². The molecule has 1 aliphatic heterocycles. The van der Waals surface area contributed by atoms with Crippen molar-refractivity contribution in [2.45, 2.75) is 19.4 Å². The van der Waals surface area contributed by atoms with Crippen LogP contribution in [0.25, 0.3) is 0 Å². The van der Waals surface area contributed by atoms with Gasteiger partial charge in [0.25, 0.3) is 0 Å².